The van der Waals surface area contributed by atoms with Crippen molar-refractivity contribution in [2.45, 2.75) is 52.7 Å². The van der Waals surface area contributed by atoms with Gasteiger partial charge in [0.05, 0.1) is 12.2 Å². The summed E-state index contributed by atoms with van der Waals surface area (Å²) in [6.07, 6.45) is -0.699. The van der Waals surface area contributed by atoms with E-state index in [2.05, 4.69) is 0 Å². The first-order valence-electron chi connectivity index (χ1n) is 8.34. The first kappa shape index (κ1) is 19.6. The highest BCUT2D eigenvalue weighted by Crippen LogP contribution is 2.63. The van der Waals surface area contributed by atoms with Crippen LogP contribution in [0.15, 0.2) is 42.5 Å². The minimum Gasteiger partial charge on any atom is -0.445 e. The van der Waals surface area contributed by atoms with E-state index in [1.165, 1.54) is 6.92 Å². The summed E-state index contributed by atoms with van der Waals surface area (Å²) < 4.78 is 30.4. The zero-order chi connectivity index (χ0) is 18.6. The molecule has 0 unspecified atom stereocenters. The maximum absolute atomic E-state index is 13.6. The smallest absolute Gasteiger partial charge is 0.376 e. The van der Waals surface area contributed by atoms with E-state index in [0.29, 0.717) is 5.56 Å². The normalized spacial score (nSPS) is 13.4. The number of rotatable bonds is 7. The van der Waals surface area contributed by atoms with Gasteiger partial charge in [0.2, 0.25) is 5.85 Å². The first-order valence-corrected chi connectivity index (χ1v) is 9.95. The lowest BCUT2D eigenvalue weighted by molar-refractivity contribution is -0.144. The van der Waals surface area contributed by atoms with E-state index in [1.54, 1.807) is 33.8 Å². The fourth-order valence-corrected chi connectivity index (χ4v) is 4.93. The standard InChI is InChI=1S/C19H25O5P/c1-13(2)23-25(21,24-14(3)4)19(22-15(5)20)18-12-8-10-16-9-6-7-11-17(16)18/h6-14,19H,1-5H3/t19-/m1/s1. The van der Waals surface area contributed by atoms with Crippen LogP contribution in [0.1, 0.15) is 46.0 Å². The third-order valence-corrected chi connectivity index (χ3v) is 5.76. The minimum atomic E-state index is -3.76. The van der Waals surface area contributed by atoms with Crippen LogP contribution in [0.4, 0.5) is 0 Å². The first-order chi connectivity index (χ1) is 11.7. The van der Waals surface area contributed by atoms with Crippen molar-refractivity contribution in [3.63, 3.8) is 0 Å². The Bertz CT molecular complexity index is 765. The summed E-state index contributed by atoms with van der Waals surface area (Å²) in [6.45, 7) is 8.36. The van der Waals surface area contributed by atoms with Gasteiger partial charge >= 0.3 is 13.6 Å². The molecule has 0 aliphatic rings. The number of ether oxygens (including phenoxy) is 1. The lowest BCUT2D eigenvalue weighted by Crippen LogP contribution is -2.17. The number of esters is 1. The second kappa shape index (κ2) is 8.13. The zero-order valence-corrected chi connectivity index (χ0v) is 16.2. The Balaban J connectivity index is 2.63. The van der Waals surface area contributed by atoms with Crippen LogP contribution in [0.25, 0.3) is 10.8 Å². The van der Waals surface area contributed by atoms with E-state index in [4.69, 9.17) is 13.8 Å². The summed E-state index contributed by atoms with van der Waals surface area (Å²) in [6, 6.07) is 13.2. The van der Waals surface area contributed by atoms with Gasteiger partial charge in [-0.1, -0.05) is 42.5 Å². The van der Waals surface area contributed by atoms with E-state index in [0.717, 1.165) is 10.8 Å². The van der Waals surface area contributed by atoms with E-state index in [1.807, 2.05) is 36.4 Å². The van der Waals surface area contributed by atoms with Crippen LogP contribution in [-0.2, 0) is 23.1 Å². The molecule has 0 aromatic heterocycles. The maximum Gasteiger partial charge on any atom is 0.376 e. The molecule has 2 rings (SSSR count). The second-order valence-corrected chi connectivity index (χ2v) is 8.35. The summed E-state index contributed by atoms with van der Waals surface area (Å²) in [5.41, 5.74) is 0.609. The Labute approximate surface area is 148 Å². The molecule has 136 valence electrons. The van der Waals surface area contributed by atoms with Gasteiger partial charge < -0.3 is 13.8 Å². The monoisotopic (exact) mass is 364 g/mol. The number of fused-ring (bicyclic) bond motifs is 1. The lowest BCUT2D eigenvalue weighted by Gasteiger charge is -2.30. The van der Waals surface area contributed by atoms with Crippen LogP contribution >= 0.6 is 7.60 Å². The number of hydrogen-bond acceptors (Lipinski definition) is 5. The average Bonchev–Trinajstić information content (AvgIpc) is 2.50. The molecular weight excluding hydrogens is 339 g/mol. The molecule has 0 aliphatic heterocycles. The van der Waals surface area contributed by atoms with Gasteiger partial charge in [-0.3, -0.25) is 9.36 Å². The molecule has 0 fully saturated rings. The summed E-state index contributed by atoms with van der Waals surface area (Å²) in [5.74, 6) is -1.67. The Kier molecular flexibility index (Phi) is 6.39. The van der Waals surface area contributed by atoms with Gasteiger partial charge in [0, 0.05) is 12.5 Å². The van der Waals surface area contributed by atoms with Crippen molar-refractivity contribution in [2.24, 2.45) is 0 Å². The van der Waals surface area contributed by atoms with Crippen molar-refractivity contribution in [3.8, 4) is 0 Å². The highest BCUT2D eigenvalue weighted by atomic mass is 31.2. The predicted molar refractivity (Wildman–Crippen MR) is 98.5 cm³/mol. The van der Waals surface area contributed by atoms with E-state index in [-0.39, 0.29) is 12.2 Å². The van der Waals surface area contributed by atoms with Gasteiger partial charge in [-0.15, -0.1) is 0 Å². The summed E-state index contributed by atoms with van der Waals surface area (Å²) >= 11 is 0. The van der Waals surface area contributed by atoms with Gasteiger partial charge in [0.25, 0.3) is 0 Å². The van der Waals surface area contributed by atoms with Crippen LogP contribution in [0.3, 0.4) is 0 Å². The number of carbonyl (C=O) groups is 1. The molecule has 0 aliphatic carbocycles. The van der Waals surface area contributed by atoms with Gasteiger partial charge in [-0.2, -0.15) is 0 Å². The SMILES string of the molecule is CC(=O)O[C@@H](c1cccc2ccccc12)P(=O)(OC(C)C)OC(C)C. The Morgan fingerprint density at radius 3 is 2.04 bits per heavy atom. The molecule has 0 N–H and O–H groups in total. The van der Waals surface area contributed by atoms with Crippen molar-refractivity contribution >= 4 is 24.3 Å². The van der Waals surface area contributed by atoms with E-state index < -0.39 is 19.4 Å². The Morgan fingerprint density at radius 2 is 1.48 bits per heavy atom. The molecule has 0 spiro atoms. The van der Waals surface area contributed by atoms with Crippen LogP contribution in [0.2, 0.25) is 0 Å². The maximum atomic E-state index is 13.6. The molecule has 2 aromatic rings. The third kappa shape index (κ3) is 4.91. The average molecular weight is 364 g/mol. The summed E-state index contributed by atoms with van der Waals surface area (Å²) in [5, 5.41) is 1.80. The quantitative estimate of drug-likeness (QED) is 0.483. The molecule has 0 saturated heterocycles. The molecule has 2 aromatic carbocycles. The molecule has 0 saturated carbocycles. The highest BCUT2D eigenvalue weighted by Gasteiger charge is 2.42. The van der Waals surface area contributed by atoms with Crippen molar-refractivity contribution < 1.29 is 23.1 Å². The van der Waals surface area contributed by atoms with Crippen molar-refractivity contribution in [1.29, 1.82) is 0 Å². The molecule has 0 amide bonds. The molecule has 6 heteroatoms. The summed E-state index contributed by atoms with van der Waals surface area (Å²) in [7, 11) is -3.76. The lowest BCUT2D eigenvalue weighted by atomic mass is 10.1. The Hall–Kier alpha value is -1.68. The van der Waals surface area contributed by atoms with Gasteiger partial charge in [0.1, 0.15) is 0 Å². The number of hydrogen-bond donors (Lipinski definition) is 0. The third-order valence-electron chi connectivity index (χ3n) is 3.37. The predicted octanol–water partition coefficient (Wildman–Crippen LogP) is 5.44. The van der Waals surface area contributed by atoms with Crippen LogP contribution in [-0.4, -0.2) is 18.2 Å². The second-order valence-electron chi connectivity index (χ2n) is 6.38. The highest BCUT2D eigenvalue weighted by molar-refractivity contribution is 7.54. The molecule has 0 radical (unpaired) electrons. The molecule has 5 nitrogen and oxygen atoms in total. The number of carbonyl (C=O) groups excluding carboxylic acids is 1. The largest absolute Gasteiger partial charge is 0.445 e. The summed E-state index contributed by atoms with van der Waals surface area (Å²) in [4.78, 5) is 11.7. The van der Waals surface area contributed by atoms with Crippen molar-refractivity contribution in [1.82, 2.24) is 0 Å². The molecule has 25 heavy (non-hydrogen) atoms. The fourth-order valence-electron chi connectivity index (χ4n) is 2.64. The van der Waals surface area contributed by atoms with Crippen LogP contribution < -0.4 is 0 Å². The topological polar surface area (TPSA) is 61.8 Å². The minimum absolute atomic E-state index is 0.349. The van der Waals surface area contributed by atoms with Gasteiger partial charge in [-0.05, 0) is 38.5 Å². The molecule has 0 bridgehead atoms. The van der Waals surface area contributed by atoms with Crippen LogP contribution in [0, 0.1) is 0 Å². The van der Waals surface area contributed by atoms with Gasteiger partial charge in [-0.25, -0.2) is 0 Å². The van der Waals surface area contributed by atoms with Crippen molar-refractivity contribution in [2.75, 3.05) is 0 Å². The van der Waals surface area contributed by atoms with E-state index >= 15 is 0 Å². The number of benzene rings is 2. The van der Waals surface area contributed by atoms with Gasteiger partial charge in [0.15, 0.2) is 0 Å². The van der Waals surface area contributed by atoms with Crippen molar-refractivity contribution in [3.05, 3.63) is 48.0 Å². The molecule has 0 heterocycles. The fraction of sp³-hybridized carbons (Fsp3) is 0.421. The molecule has 1 atom stereocenters. The van der Waals surface area contributed by atoms with E-state index in [9.17, 15) is 9.36 Å². The molecular formula is C19H25O5P. The van der Waals surface area contributed by atoms with Crippen LogP contribution in [0.5, 0.6) is 0 Å². The Morgan fingerprint density at radius 1 is 0.920 bits per heavy atom. The zero-order valence-electron chi connectivity index (χ0n) is 15.3.